The highest BCUT2D eigenvalue weighted by molar-refractivity contribution is 8.00. The van der Waals surface area contributed by atoms with Gasteiger partial charge in [-0.1, -0.05) is 12.1 Å². The SMILES string of the molecule is COc1ccccc1OCC1SCCN1C(=O)CS(=O)OC. The van der Waals surface area contributed by atoms with Crippen LogP contribution in [0.5, 0.6) is 11.5 Å². The number of rotatable bonds is 7. The van der Waals surface area contributed by atoms with Crippen LogP contribution < -0.4 is 9.47 Å². The van der Waals surface area contributed by atoms with Gasteiger partial charge in [0, 0.05) is 12.3 Å². The Hall–Kier alpha value is -1.25. The molecule has 1 heterocycles. The lowest BCUT2D eigenvalue weighted by Crippen LogP contribution is -2.40. The molecule has 0 N–H and O–H groups in total. The van der Waals surface area contributed by atoms with Crippen LogP contribution in [0.15, 0.2) is 24.3 Å². The molecular formula is C14H19NO5S2. The number of carbonyl (C=O) groups is 1. The van der Waals surface area contributed by atoms with E-state index in [1.807, 2.05) is 24.3 Å². The zero-order valence-corrected chi connectivity index (χ0v) is 14.2. The molecule has 1 aromatic rings. The summed E-state index contributed by atoms with van der Waals surface area (Å²) >= 11 is 0.0714. The smallest absolute Gasteiger partial charge is 0.238 e. The van der Waals surface area contributed by atoms with Crippen molar-refractivity contribution in [3.05, 3.63) is 24.3 Å². The van der Waals surface area contributed by atoms with Gasteiger partial charge < -0.3 is 14.4 Å². The lowest BCUT2D eigenvalue weighted by molar-refractivity contribution is -0.128. The van der Waals surface area contributed by atoms with Crippen LogP contribution in [-0.2, 0) is 20.1 Å². The maximum Gasteiger partial charge on any atom is 0.238 e. The first-order chi connectivity index (χ1) is 10.7. The third kappa shape index (κ3) is 4.37. The van der Waals surface area contributed by atoms with Crippen molar-refractivity contribution in [3.63, 3.8) is 0 Å². The van der Waals surface area contributed by atoms with E-state index >= 15 is 0 Å². The molecule has 6 nitrogen and oxygen atoms in total. The van der Waals surface area contributed by atoms with Crippen molar-refractivity contribution in [1.29, 1.82) is 0 Å². The maximum absolute atomic E-state index is 12.1. The number of benzene rings is 1. The summed E-state index contributed by atoms with van der Waals surface area (Å²) in [4.78, 5) is 13.8. The molecule has 2 atom stereocenters. The molecule has 0 aromatic heterocycles. The normalized spacial score (nSPS) is 19.0. The second kappa shape index (κ2) is 8.40. The predicted octanol–water partition coefficient (Wildman–Crippen LogP) is 1.29. The topological polar surface area (TPSA) is 65.1 Å². The molecule has 1 aliphatic heterocycles. The summed E-state index contributed by atoms with van der Waals surface area (Å²) in [6.45, 7) is 0.987. The number of para-hydroxylation sites is 2. The molecule has 122 valence electrons. The van der Waals surface area contributed by atoms with E-state index < -0.39 is 11.1 Å². The Labute approximate surface area is 136 Å². The summed E-state index contributed by atoms with van der Waals surface area (Å²) in [7, 11) is 2.91. The molecule has 1 saturated heterocycles. The van der Waals surface area contributed by atoms with Crippen molar-refractivity contribution in [2.75, 3.05) is 38.9 Å². The number of nitrogens with zero attached hydrogens (tertiary/aromatic N) is 1. The molecule has 8 heteroatoms. The number of hydrogen-bond acceptors (Lipinski definition) is 6. The predicted molar refractivity (Wildman–Crippen MR) is 86.5 cm³/mol. The lowest BCUT2D eigenvalue weighted by Gasteiger charge is -2.23. The molecule has 22 heavy (non-hydrogen) atoms. The van der Waals surface area contributed by atoms with Crippen LogP contribution in [0, 0.1) is 0 Å². The van der Waals surface area contributed by atoms with E-state index in [1.54, 1.807) is 23.8 Å². The second-order valence-electron chi connectivity index (χ2n) is 4.49. The van der Waals surface area contributed by atoms with Crippen LogP contribution in [0.4, 0.5) is 0 Å². The van der Waals surface area contributed by atoms with E-state index in [0.717, 1.165) is 5.75 Å². The van der Waals surface area contributed by atoms with Gasteiger partial charge in [0.15, 0.2) is 22.6 Å². The molecule has 2 unspecified atom stereocenters. The minimum Gasteiger partial charge on any atom is -0.493 e. The summed E-state index contributed by atoms with van der Waals surface area (Å²) in [6.07, 6.45) is 0. The summed E-state index contributed by atoms with van der Waals surface area (Å²) < 4.78 is 27.0. The Bertz CT molecular complexity index is 540. The summed E-state index contributed by atoms with van der Waals surface area (Å²) in [5.74, 6) is 1.83. The van der Waals surface area contributed by atoms with Gasteiger partial charge in [0.25, 0.3) is 0 Å². The lowest BCUT2D eigenvalue weighted by atomic mass is 10.3. The Morgan fingerprint density at radius 1 is 1.36 bits per heavy atom. The van der Waals surface area contributed by atoms with Crippen LogP contribution in [0.2, 0.25) is 0 Å². The Morgan fingerprint density at radius 2 is 2.09 bits per heavy atom. The highest BCUT2D eigenvalue weighted by atomic mass is 32.2. The van der Waals surface area contributed by atoms with E-state index in [-0.39, 0.29) is 17.0 Å². The molecule has 1 aromatic carbocycles. The zero-order valence-electron chi connectivity index (χ0n) is 12.5. The number of methoxy groups -OCH3 is 1. The van der Waals surface area contributed by atoms with Gasteiger partial charge in [-0.3, -0.25) is 8.98 Å². The van der Waals surface area contributed by atoms with Crippen LogP contribution in [0.3, 0.4) is 0 Å². The van der Waals surface area contributed by atoms with E-state index in [9.17, 15) is 9.00 Å². The average molecular weight is 345 g/mol. The molecule has 0 saturated carbocycles. The fourth-order valence-electron chi connectivity index (χ4n) is 2.09. The van der Waals surface area contributed by atoms with Crippen molar-refractivity contribution in [3.8, 4) is 11.5 Å². The zero-order chi connectivity index (χ0) is 15.9. The molecule has 0 radical (unpaired) electrons. The van der Waals surface area contributed by atoms with Crippen molar-refractivity contribution >= 4 is 28.7 Å². The fraction of sp³-hybridized carbons (Fsp3) is 0.500. The van der Waals surface area contributed by atoms with Crippen LogP contribution >= 0.6 is 11.8 Å². The number of thioether (sulfide) groups is 1. The quantitative estimate of drug-likeness (QED) is 0.742. The molecule has 1 aliphatic rings. The van der Waals surface area contributed by atoms with Crippen molar-refractivity contribution in [2.45, 2.75) is 5.37 Å². The number of ether oxygens (including phenoxy) is 2. The number of hydrogen-bond donors (Lipinski definition) is 0. The van der Waals surface area contributed by atoms with Gasteiger partial charge in [0.1, 0.15) is 17.7 Å². The molecule has 0 bridgehead atoms. The van der Waals surface area contributed by atoms with E-state index in [0.29, 0.717) is 24.7 Å². The molecule has 2 rings (SSSR count). The monoisotopic (exact) mass is 345 g/mol. The van der Waals surface area contributed by atoms with Gasteiger partial charge in [0.2, 0.25) is 5.91 Å². The first kappa shape index (κ1) is 17.1. The average Bonchev–Trinajstić information content (AvgIpc) is 3.01. The third-order valence-corrected chi connectivity index (χ3v) is 5.24. The van der Waals surface area contributed by atoms with Crippen LogP contribution in [-0.4, -0.2) is 59.3 Å². The van der Waals surface area contributed by atoms with Crippen LogP contribution in [0.25, 0.3) is 0 Å². The molecular weight excluding hydrogens is 326 g/mol. The van der Waals surface area contributed by atoms with Gasteiger partial charge in [-0.05, 0) is 12.1 Å². The molecule has 0 spiro atoms. The Balaban J connectivity index is 1.94. The number of amides is 1. The largest absolute Gasteiger partial charge is 0.493 e. The highest BCUT2D eigenvalue weighted by Gasteiger charge is 2.30. The molecule has 1 fully saturated rings. The van der Waals surface area contributed by atoms with E-state index in [4.69, 9.17) is 9.47 Å². The van der Waals surface area contributed by atoms with Crippen molar-refractivity contribution in [1.82, 2.24) is 4.90 Å². The summed E-state index contributed by atoms with van der Waals surface area (Å²) in [5.41, 5.74) is 0. The van der Waals surface area contributed by atoms with Crippen LogP contribution in [0.1, 0.15) is 0 Å². The van der Waals surface area contributed by atoms with Crippen molar-refractivity contribution < 1.29 is 22.7 Å². The Morgan fingerprint density at radius 3 is 2.77 bits per heavy atom. The van der Waals surface area contributed by atoms with E-state index in [2.05, 4.69) is 4.18 Å². The summed E-state index contributed by atoms with van der Waals surface area (Å²) in [5, 5.41) is -0.0914. The second-order valence-corrected chi connectivity index (χ2v) is 7.00. The van der Waals surface area contributed by atoms with E-state index in [1.165, 1.54) is 7.11 Å². The Kier molecular flexibility index (Phi) is 6.53. The first-order valence-electron chi connectivity index (χ1n) is 6.75. The molecule has 0 aliphatic carbocycles. The standard InChI is InChI=1S/C14H19NO5S2/c1-18-11-5-3-4-6-12(11)20-9-14-15(7-8-21-14)13(16)10-22(17)19-2/h3-6,14H,7-10H2,1-2H3. The minimum absolute atomic E-state index is 0.0914. The van der Waals surface area contributed by atoms with Gasteiger partial charge in [-0.25, -0.2) is 4.21 Å². The molecule has 1 amide bonds. The first-order valence-corrected chi connectivity index (χ1v) is 9.04. The summed E-state index contributed by atoms with van der Waals surface area (Å²) in [6, 6.07) is 7.38. The maximum atomic E-state index is 12.1. The van der Waals surface area contributed by atoms with Gasteiger partial charge in [0.05, 0.1) is 14.2 Å². The van der Waals surface area contributed by atoms with Gasteiger partial charge in [-0.2, -0.15) is 0 Å². The third-order valence-electron chi connectivity index (χ3n) is 3.19. The van der Waals surface area contributed by atoms with Gasteiger partial charge in [-0.15, -0.1) is 11.8 Å². The van der Waals surface area contributed by atoms with Gasteiger partial charge >= 0.3 is 0 Å². The fourth-order valence-corrected chi connectivity index (χ4v) is 3.71. The minimum atomic E-state index is -1.57. The van der Waals surface area contributed by atoms with Crippen molar-refractivity contribution in [2.24, 2.45) is 0 Å². The highest BCUT2D eigenvalue weighted by Crippen LogP contribution is 2.29. The number of carbonyl (C=O) groups excluding carboxylic acids is 1.